The van der Waals surface area contributed by atoms with Crippen LogP contribution in [0.15, 0.2) is 59.1 Å². The number of aryl methyl sites for hydroxylation is 1. The van der Waals surface area contributed by atoms with Crippen molar-refractivity contribution < 1.29 is 14.6 Å². The van der Waals surface area contributed by atoms with Gasteiger partial charge in [-0.25, -0.2) is 4.79 Å². The van der Waals surface area contributed by atoms with Crippen LogP contribution in [0.1, 0.15) is 29.7 Å². The molecule has 3 aromatic rings. The SMILES string of the molecule is Cc1cc(N(CC2CCNCC2)C(=O)O)nn1Cc1cc(Br)ccc1OCc1ccccc1. The molecule has 1 fully saturated rings. The second kappa shape index (κ2) is 10.9. The first-order valence-corrected chi connectivity index (χ1v) is 12.0. The van der Waals surface area contributed by atoms with Gasteiger partial charge in [-0.3, -0.25) is 9.58 Å². The number of rotatable bonds is 8. The van der Waals surface area contributed by atoms with E-state index in [1.165, 1.54) is 4.90 Å². The summed E-state index contributed by atoms with van der Waals surface area (Å²) in [7, 11) is 0. The van der Waals surface area contributed by atoms with Crippen molar-refractivity contribution in [2.24, 2.45) is 5.92 Å². The molecule has 0 aliphatic carbocycles. The molecule has 2 aromatic carbocycles. The van der Waals surface area contributed by atoms with Crippen molar-refractivity contribution in [1.29, 1.82) is 0 Å². The van der Waals surface area contributed by atoms with E-state index in [0.717, 1.165) is 53.0 Å². The molecule has 1 aliphatic rings. The lowest BCUT2D eigenvalue weighted by Gasteiger charge is -2.27. The number of benzene rings is 2. The molecule has 4 rings (SSSR count). The largest absolute Gasteiger partial charge is 0.489 e. The number of anilines is 1. The molecule has 0 saturated carbocycles. The Bertz CT molecular complexity index is 1080. The molecule has 1 aromatic heterocycles. The minimum absolute atomic E-state index is 0.343. The lowest BCUT2D eigenvalue weighted by molar-refractivity contribution is 0.199. The van der Waals surface area contributed by atoms with Gasteiger partial charge in [-0.05, 0) is 62.5 Å². The Labute approximate surface area is 202 Å². The Morgan fingerprint density at radius 3 is 2.70 bits per heavy atom. The van der Waals surface area contributed by atoms with Gasteiger partial charge in [0, 0.05) is 28.3 Å². The van der Waals surface area contributed by atoms with Crippen molar-refractivity contribution in [2.45, 2.75) is 32.9 Å². The van der Waals surface area contributed by atoms with Crippen molar-refractivity contribution >= 4 is 27.8 Å². The van der Waals surface area contributed by atoms with E-state index in [1.54, 1.807) is 0 Å². The zero-order valence-electron chi connectivity index (χ0n) is 18.7. The van der Waals surface area contributed by atoms with Gasteiger partial charge in [0.05, 0.1) is 6.54 Å². The average Bonchev–Trinajstić information content (AvgIpc) is 3.17. The molecule has 0 unspecified atom stereocenters. The number of nitrogens with zero attached hydrogens (tertiary/aromatic N) is 3. The van der Waals surface area contributed by atoms with Gasteiger partial charge in [0.15, 0.2) is 5.82 Å². The van der Waals surface area contributed by atoms with Crippen molar-refractivity contribution in [3.05, 3.63) is 75.9 Å². The molecule has 1 saturated heterocycles. The maximum atomic E-state index is 12.0. The summed E-state index contributed by atoms with van der Waals surface area (Å²) in [6.45, 7) is 5.23. The first-order chi connectivity index (χ1) is 16.0. The third-order valence-corrected chi connectivity index (χ3v) is 6.45. The Kier molecular flexibility index (Phi) is 7.67. The summed E-state index contributed by atoms with van der Waals surface area (Å²) < 4.78 is 8.90. The maximum absolute atomic E-state index is 12.0. The molecule has 0 radical (unpaired) electrons. The molecule has 33 heavy (non-hydrogen) atoms. The van der Waals surface area contributed by atoms with E-state index in [1.807, 2.05) is 66.2 Å². The van der Waals surface area contributed by atoms with Gasteiger partial charge in [-0.15, -0.1) is 0 Å². The molecule has 8 heteroatoms. The van der Waals surface area contributed by atoms with Crippen LogP contribution in [0.25, 0.3) is 0 Å². The third kappa shape index (κ3) is 6.15. The zero-order valence-corrected chi connectivity index (χ0v) is 20.3. The number of carboxylic acid groups (broad SMARTS) is 1. The zero-order chi connectivity index (χ0) is 23.2. The van der Waals surface area contributed by atoms with Crippen LogP contribution in [0.4, 0.5) is 10.6 Å². The number of amides is 1. The second-order valence-electron chi connectivity index (χ2n) is 8.41. The number of hydrogen-bond acceptors (Lipinski definition) is 4. The van der Waals surface area contributed by atoms with E-state index < -0.39 is 6.09 Å². The van der Waals surface area contributed by atoms with Crippen LogP contribution in [-0.4, -0.2) is 40.6 Å². The number of piperidine rings is 1. The lowest BCUT2D eigenvalue weighted by atomic mass is 9.98. The summed E-state index contributed by atoms with van der Waals surface area (Å²) in [6.07, 6.45) is 0.986. The van der Waals surface area contributed by atoms with Crippen LogP contribution in [0, 0.1) is 12.8 Å². The highest BCUT2D eigenvalue weighted by Crippen LogP contribution is 2.27. The van der Waals surface area contributed by atoms with Crippen LogP contribution in [0.5, 0.6) is 5.75 Å². The summed E-state index contributed by atoms with van der Waals surface area (Å²) in [5.74, 6) is 1.60. The molecular formula is C25H29BrN4O3. The van der Waals surface area contributed by atoms with Gasteiger partial charge in [0.25, 0.3) is 0 Å². The van der Waals surface area contributed by atoms with Gasteiger partial charge in [0.1, 0.15) is 12.4 Å². The monoisotopic (exact) mass is 512 g/mol. The van der Waals surface area contributed by atoms with Crippen molar-refractivity contribution in [3.8, 4) is 5.75 Å². The highest BCUT2D eigenvalue weighted by atomic mass is 79.9. The number of halogens is 1. The van der Waals surface area contributed by atoms with E-state index in [0.29, 0.717) is 31.4 Å². The molecule has 7 nitrogen and oxygen atoms in total. The van der Waals surface area contributed by atoms with Crippen LogP contribution in [0.2, 0.25) is 0 Å². The van der Waals surface area contributed by atoms with Crippen LogP contribution >= 0.6 is 15.9 Å². The third-order valence-electron chi connectivity index (χ3n) is 5.96. The van der Waals surface area contributed by atoms with E-state index in [9.17, 15) is 9.90 Å². The van der Waals surface area contributed by atoms with Gasteiger partial charge < -0.3 is 15.2 Å². The molecule has 0 atom stereocenters. The highest BCUT2D eigenvalue weighted by Gasteiger charge is 2.24. The molecule has 1 amide bonds. The summed E-state index contributed by atoms with van der Waals surface area (Å²) in [6, 6.07) is 17.8. The fourth-order valence-electron chi connectivity index (χ4n) is 4.09. The molecule has 0 bridgehead atoms. The summed E-state index contributed by atoms with van der Waals surface area (Å²) in [5, 5.41) is 17.8. The first-order valence-electron chi connectivity index (χ1n) is 11.2. The summed E-state index contributed by atoms with van der Waals surface area (Å²) in [4.78, 5) is 13.4. The second-order valence-corrected chi connectivity index (χ2v) is 9.33. The lowest BCUT2D eigenvalue weighted by Crippen LogP contribution is -2.39. The minimum Gasteiger partial charge on any atom is -0.489 e. The van der Waals surface area contributed by atoms with Gasteiger partial charge in [0.2, 0.25) is 0 Å². The Morgan fingerprint density at radius 1 is 1.21 bits per heavy atom. The van der Waals surface area contributed by atoms with Gasteiger partial charge in [-0.1, -0.05) is 46.3 Å². The molecule has 2 heterocycles. The van der Waals surface area contributed by atoms with Crippen molar-refractivity contribution in [3.63, 3.8) is 0 Å². The summed E-state index contributed by atoms with van der Waals surface area (Å²) >= 11 is 3.55. The fourth-order valence-corrected chi connectivity index (χ4v) is 4.49. The van der Waals surface area contributed by atoms with Gasteiger partial charge >= 0.3 is 6.09 Å². The van der Waals surface area contributed by atoms with E-state index in [-0.39, 0.29) is 0 Å². The number of nitrogens with one attached hydrogen (secondary N) is 1. The quantitative estimate of drug-likeness (QED) is 0.440. The number of aromatic nitrogens is 2. The molecule has 2 N–H and O–H groups in total. The van der Waals surface area contributed by atoms with Crippen molar-refractivity contribution in [2.75, 3.05) is 24.5 Å². The Morgan fingerprint density at radius 2 is 1.97 bits per heavy atom. The minimum atomic E-state index is -0.965. The normalized spacial score (nSPS) is 14.2. The predicted octanol–water partition coefficient (Wildman–Crippen LogP) is 5.07. The van der Waals surface area contributed by atoms with E-state index in [2.05, 4.69) is 26.3 Å². The van der Waals surface area contributed by atoms with Crippen LogP contribution in [-0.2, 0) is 13.2 Å². The Hall–Kier alpha value is -2.84. The predicted molar refractivity (Wildman–Crippen MR) is 132 cm³/mol. The Balaban J connectivity index is 1.52. The number of carbonyl (C=O) groups is 1. The van der Waals surface area contributed by atoms with Crippen LogP contribution in [0.3, 0.4) is 0 Å². The number of hydrogen-bond donors (Lipinski definition) is 2. The number of ether oxygens (including phenoxy) is 1. The van der Waals surface area contributed by atoms with E-state index in [4.69, 9.17) is 4.74 Å². The molecule has 1 aliphatic heterocycles. The van der Waals surface area contributed by atoms with E-state index >= 15 is 0 Å². The smallest absolute Gasteiger partial charge is 0.413 e. The fraction of sp³-hybridized carbons (Fsp3) is 0.360. The molecular weight excluding hydrogens is 484 g/mol. The van der Waals surface area contributed by atoms with Crippen LogP contribution < -0.4 is 15.0 Å². The average molecular weight is 513 g/mol. The summed E-state index contributed by atoms with van der Waals surface area (Å²) in [5.41, 5.74) is 2.97. The standard InChI is InChI=1S/C25H29BrN4O3/c1-18-13-24(29(25(31)32)15-19-9-11-27-12-10-19)28-30(18)16-21-14-22(26)7-8-23(21)33-17-20-5-3-2-4-6-20/h2-8,13-14,19,27H,9-12,15-17H2,1H3,(H,31,32). The maximum Gasteiger partial charge on any atom is 0.413 e. The van der Waals surface area contributed by atoms with Gasteiger partial charge in [-0.2, -0.15) is 5.10 Å². The molecule has 0 spiro atoms. The highest BCUT2D eigenvalue weighted by molar-refractivity contribution is 9.10. The topological polar surface area (TPSA) is 79.6 Å². The van der Waals surface area contributed by atoms with Crippen molar-refractivity contribution in [1.82, 2.24) is 15.1 Å². The first kappa shape index (κ1) is 23.3. The molecule has 174 valence electrons.